The molecular formula is C24H20N4O3. The van der Waals surface area contributed by atoms with Crippen molar-refractivity contribution in [2.45, 2.75) is 6.61 Å². The number of carbonyl (C=O) groups excluding carboxylic acids is 1. The van der Waals surface area contributed by atoms with Crippen molar-refractivity contribution < 1.29 is 14.3 Å². The van der Waals surface area contributed by atoms with E-state index in [1.807, 2.05) is 54.6 Å². The molecule has 0 aliphatic carbocycles. The van der Waals surface area contributed by atoms with Gasteiger partial charge in [-0.2, -0.15) is 4.98 Å². The zero-order valence-electron chi connectivity index (χ0n) is 16.6. The van der Waals surface area contributed by atoms with E-state index >= 15 is 0 Å². The molecule has 154 valence electrons. The van der Waals surface area contributed by atoms with Crippen molar-refractivity contribution in [1.29, 1.82) is 0 Å². The summed E-state index contributed by atoms with van der Waals surface area (Å²) in [6.07, 6.45) is 0. The Kier molecular flexibility index (Phi) is 5.75. The first kappa shape index (κ1) is 19.9. The molecule has 0 aliphatic heterocycles. The predicted molar refractivity (Wildman–Crippen MR) is 118 cm³/mol. The third-order valence-corrected chi connectivity index (χ3v) is 4.48. The summed E-state index contributed by atoms with van der Waals surface area (Å²) in [5, 5.41) is 0. The maximum atomic E-state index is 12.3. The number of nitrogen functional groups attached to an aromatic ring is 1. The Labute approximate surface area is 179 Å². The number of para-hydroxylation sites is 2. The van der Waals surface area contributed by atoms with Crippen LogP contribution in [-0.4, -0.2) is 15.9 Å². The average Bonchev–Trinajstić information content (AvgIpc) is 2.79. The first-order valence-electron chi connectivity index (χ1n) is 9.58. The minimum atomic E-state index is -0.725. The maximum absolute atomic E-state index is 12.3. The highest BCUT2D eigenvalue weighted by Gasteiger charge is 2.22. The van der Waals surface area contributed by atoms with E-state index in [0.29, 0.717) is 29.4 Å². The van der Waals surface area contributed by atoms with Crippen LogP contribution in [0.4, 0.5) is 5.95 Å². The SMILES string of the molecule is NC(=O)c1c(Oc2ccccc2OCc2ccccc2)nc(N)nc1-c1ccccc1. The molecule has 7 heteroatoms. The lowest BCUT2D eigenvalue weighted by Gasteiger charge is -2.15. The Bertz CT molecular complexity index is 1200. The largest absolute Gasteiger partial charge is 0.485 e. The van der Waals surface area contributed by atoms with Crippen molar-refractivity contribution >= 4 is 11.9 Å². The fraction of sp³-hybridized carbons (Fsp3) is 0.0417. The molecule has 3 aromatic carbocycles. The maximum Gasteiger partial charge on any atom is 0.256 e. The summed E-state index contributed by atoms with van der Waals surface area (Å²) in [6.45, 7) is 0.352. The number of hydrogen-bond acceptors (Lipinski definition) is 6. The number of hydrogen-bond donors (Lipinski definition) is 2. The van der Waals surface area contributed by atoms with Crippen molar-refractivity contribution in [3.05, 3.63) is 96.1 Å². The minimum absolute atomic E-state index is 0.0328. The van der Waals surface area contributed by atoms with Gasteiger partial charge in [-0.15, -0.1) is 0 Å². The van der Waals surface area contributed by atoms with Gasteiger partial charge in [-0.1, -0.05) is 72.8 Å². The molecule has 0 spiro atoms. The molecule has 1 heterocycles. The lowest BCUT2D eigenvalue weighted by molar-refractivity contribution is 0.0997. The molecule has 0 fully saturated rings. The monoisotopic (exact) mass is 412 g/mol. The van der Waals surface area contributed by atoms with E-state index in [9.17, 15) is 4.79 Å². The summed E-state index contributed by atoms with van der Waals surface area (Å²) < 4.78 is 11.9. The van der Waals surface area contributed by atoms with Crippen molar-refractivity contribution in [2.24, 2.45) is 5.73 Å². The highest BCUT2D eigenvalue weighted by atomic mass is 16.5. The zero-order chi connectivity index (χ0) is 21.6. The molecule has 0 atom stereocenters. The van der Waals surface area contributed by atoms with Gasteiger partial charge in [0, 0.05) is 5.56 Å². The number of carbonyl (C=O) groups is 1. The number of anilines is 1. The van der Waals surface area contributed by atoms with E-state index in [-0.39, 0.29) is 17.4 Å². The molecule has 0 radical (unpaired) electrons. The second kappa shape index (κ2) is 8.96. The van der Waals surface area contributed by atoms with Crippen LogP contribution in [0.2, 0.25) is 0 Å². The molecule has 0 saturated carbocycles. The number of primary amides is 1. The lowest BCUT2D eigenvalue weighted by atomic mass is 10.1. The van der Waals surface area contributed by atoms with Crippen molar-refractivity contribution in [1.82, 2.24) is 9.97 Å². The molecule has 0 saturated heterocycles. The van der Waals surface area contributed by atoms with Gasteiger partial charge >= 0.3 is 0 Å². The molecular weight excluding hydrogens is 392 g/mol. The molecule has 0 unspecified atom stereocenters. The van der Waals surface area contributed by atoms with Gasteiger partial charge in [-0.3, -0.25) is 4.79 Å². The van der Waals surface area contributed by atoms with E-state index in [0.717, 1.165) is 5.56 Å². The van der Waals surface area contributed by atoms with Crippen LogP contribution in [0.5, 0.6) is 17.4 Å². The average molecular weight is 412 g/mol. The fourth-order valence-electron chi connectivity index (χ4n) is 3.05. The predicted octanol–water partition coefficient (Wildman–Crippen LogP) is 4.20. The normalized spacial score (nSPS) is 10.5. The van der Waals surface area contributed by atoms with Crippen LogP contribution in [0.15, 0.2) is 84.9 Å². The minimum Gasteiger partial charge on any atom is -0.485 e. The van der Waals surface area contributed by atoms with E-state index in [1.165, 1.54) is 0 Å². The van der Waals surface area contributed by atoms with Gasteiger partial charge in [-0.25, -0.2) is 4.98 Å². The van der Waals surface area contributed by atoms with Crippen LogP contribution in [0, 0.1) is 0 Å². The summed E-state index contributed by atoms with van der Waals surface area (Å²) in [5.74, 6) is 0.0611. The summed E-state index contributed by atoms with van der Waals surface area (Å²) in [7, 11) is 0. The first-order valence-corrected chi connectivity index (χ1v) is 9.58. The van der Waals surface area contributed by atoms with Crippen molar-refractivity contribution in [3.8, 4) is 28.6 Å². The number of ether oxygens (including phenoxy) is 2. The number of benzene rings is 3. The van der Waals surface area contributed by atoms with E-state index in [4.69, 9.17) is 20.9 Å². The number of amides is 1. The summed E-state index contributed by atoms with van der Waals surface area (Å²) in [5.41, 5.74) is 13.6. The summed E-state index contributed by atoms with van der Waals surface area (Å²) >= 11 is 0. The molecule has 31 heavy (non-hydrogen) atoms. The number of rotatable bonds is 7. The quantitative estimate of drug-likeness (QED) is 0.470. The molecule has 0 aliphatic rings. The third-order valence-electron chi connectivity index (χ3n) is 4.48. The lowest BCUT2D eigenvalue weighted by Crippen LogP contribution is -2.17. The second-order valence-corrected chi connectivity index (χ2v) is 6.66. The van der Waals surface area contributed by atoms with Crippen LogP contribution >= 0.6 is 0 Å². The van der Waals surface area contributed by atoms with E-state index in [1.54, 1.807) is 30.3 Å². The van der Waals surface area contributed by atoms with Gasteiger partial charge in [0.2, 0.25) is 11.8 Å². The Morgan fingerprint density at radius 2 is 1.42 bits per heavy atom. The Balaban J connectivity index is 1.70. The fourth-order valence-corrected chi connectivity index (χ4v) is 3.05. The van der Waals surface area contributed by atoms with Gasteiger partial charge in [0.1, 0.15) is 12.2 Å². The standard InChI is InChI=1S/C24H20N4O3/c25-22(29)20-21(17-11-5-2-6-12-17)27-24(26)28-23(20)31-19-14-8-7-13-18(19)30-15-16-9-3-1-4-10-16/h1-14H,15H2,(H2,25,29)(H2,26,27,28). The second-order valence-electron chi connectivity index (χ2n) is 6.66. The highest BCUT2D eigenvalue weighted by molar-refractivity contribution is 6.01. The van der Waals surface area contributed by atoms with Gasteiger partial charge in [0.15, 0.2) is 11.5 Å². The molecule has 7 nitrogen and oxygen atoms in total. The van der Waals surface area contributed by atoms with Crippen LogP contribution in [0.25, 0.3) is 11.3 Å². The molecule has 4 rings (SSSR count). The Morgan fingerprint density at radius 1 is 0.806 bits per heavy atom. The van der Waals surface area contributed by atoms with Gasteiger partial charge in [0.25, 0.3) is 5.91 Å². The number of aromatic nitrogens is 2. The molecule has 1 amide bonds. The zero-order valence-corrected chi connectivity index (χ0v) is 16.6. The summed E-state index contributed by atoms with van der Waals surface area (Å²) in [6, 6.07) is 26.0. The van der Waals surface area contributed by atoms with E-state index < -0.39 is 5.91 Å². The smallest absolute Gasteiger partial charge is 0.256 e. The molecule has 0 bridgehead atoms. The van der Waals surface area contributed by atoms with Crippen LogP contribution in [-0.2, 0) is 6.61 Å². The van der Waals surface area contributed by atoms with Crippen LogP contribution in [0.1, 0.15) is 15.9 Å². The Hall–Kier alpha value is -4.39. The van der Waals surface area contributed by atoms with E-state index in [2.05, 4.69) is 9.97 Å². The first-order chi connectivity index (χ1) is 15.1. The van der Waals surface area contributed by atoms with Gasteiger partial charge in [0.05, 0.1) is 5.69 Å². The van der Waals surface area contributed by atoms with Gasteiger partial charge < -0.3 is 20.9 Å². The van der Waals surface area contributed by atoms with Crippen LogP contribution in [0.3, 0.4) is 0 Å². The number of nitrogens with zero attached hydrogens (tertiary/aromatic N) is 2. The molecule has 1 aromatic heterocycles. The highest BCUT2D eigenvalue weighted by Crippen LogP contribution is 2.35. The van der Waals surface area contributed by atoms with Crippen molar-refractivity contribution in [3.63, 3.8) is 0 Å². The molecule has 4 N–H and O–H groups in total. The topological polar surface area (TPSA) is 113 Å². The van der Waals surface area contributed by atoms with Crippen molar-refractivity contribution in [2.75, 3.05) is 5.73 Å². The van der Waals surface area contributed by atoms with Crippen LogP contribution < -0.4 is 20.9 Å². The summed E-state index contributed by atoms with van der Waals surface area (Å²) in [4.78, 5) is 20.6. The third kappa shape index (κ3) is 4.62. The Morgan fingerprint density at radius 3 is 2.10 bits per heavy atom. The van der Waals surface area contributed by atoms with Gasteiger partial charge in [-0.05, 0) is 17.7 Å². The molecule has 4 aromatic rings. The number of nitrogens with two attached hydrogens (primary N) is 2.